The summed E-state index contributed by atoms with van der Waals surface area (Å²) in [4.78, 5) is 17.6. The molecule has 0 spiro atoms. The molecule has 1 aromatic rings. The number of hydrogen-bond donors (Lipinski definition) is 4. The number of nitrogens with one attached hydrogen (secondary N) is 2. The second kappa shape index (κ2) is 5.36. The molecule has 0 radical (unpaired) electrons. The van der Waals surface area contributed by atoms with Crippen LogP contribution < -0.4 is 5.32 Å². The van der Waals surface area contributed by atoms with Crippen LogP contribution in [0.25, 0.3) is 0 Å². The summed E-state index contributed by atoms with van der Waals surface area (Å²) in [5.74, 6) is -0.615. The highest BCUT2D eigenvalue weighted by Gasteiger charge is 2.10. The maximum atomic E-state index is 11.3. The molecule has 0 aliphatic heterocycles. The van der Waals surface area contributed by atoms with Gasteiger partial charge >= 0.3 is 0 Å². The maximum absolute atomic E-state index is 11.3. The van der Waals surface area contributed by atoms with Crippen molar-refractivity contribution in [3.8, 4) is 0 Å². The zero-order chi connectivity index (χ0) is 10.4. The van der Waals surface area contributed by atoms with Crippen molar-refractivity contribution in [2.45, 2.75) is 0 Å². The second-order valence-corrected chi connectivity index (χ2v) is 2.91. The Morgan fingerprint density at radius 1 is 1.57 bits per heavy atom. The van der Waals surface area contributed by atoms with Crippen LogP contribution in [0.4, 0.5) is 0 Å². The summed E-state index contributed by atoms with van der Waals surface area (Å²) in [6.45, 7) is -0.0651. The predicted octanol–water partition coefficient (Wildman–Crippen LogP) is -1.26. The van der Waals surface area contributed by atoms with Gasteiger partial charge in [0.15, 0.2) is 0 Å². The number of imidazole rings is 1. The zero-order valence-electron chi connectivity index (χ0n) is 7.60. The van der Waals surface area contributed by atoms with Gasteiger partial charge in [0.2, 0.25) is 0 Å². The Hall–Kier alpha value is -1.40. The molecular weight excluding hydrogens is 186 g/mol. The summed E-state index contributed by atoms with van der Waals surface area (Å²) >= 11 is 0. The number of carbonyl (C=O) groups excluding carboxylic acids is 1. The lowest BCUT2D eigenvalue weighted by atomic mass is 10.2. The largest absolute Gasteiger partial charge is 0.396 e. The number of amides is 1. The van der Waals surface area contributed by atoms with Gasteiger partial charge < -0.3 is 20.5 Å². The number of nitrogens with zero attached hydrogens (tertiary/aromatic N) is 1. The van der Waals surface area contributed by atoms with Crippen LogP contribution in [0.5, 0.6) is 0 Å². The molecule has 4 N–H and O–H groups in total. The molecule has 78 valence electrons. The topological polar surface area (TPSA) is 98.2 Å². The van der Waals surface area contributed by atoms with E-state index in [1.54, 1.807) is 0 Å². The van der Waals surface area contributed by atoms with Crippen molar-refractivity contribution in [1.29, 1.82) is 0 Å². The number of aliphatic hydroxyl groups is 2. The minimum atomic E-state index is -0.318. The van der Waals surface area contributed by atoms with Gasteiger partial charge in [-0.05, 0) is 0 Å². The summed E-state index contributed by atoms with van der Waals surface area (Å²) in [5.41, 5.74) is 0.361. The van der Waals surface area contributed by atoms with Crippen LogP contribution in [-0.4, -0.2) is 45.8 Å². The van der Waals surface area contributed by atoms with Crippen molar-refractivity contribution < 1.29 is 15.0 Å². The molecule has 6 heteroatoms. The van der Waals surface area contributed by atoms with Crippen LogP contribution in [0.15, 0.2) is 12.5 Å². The second-order valence-electron chi connectivity index (χ2n) is 2.91. The number of aliphatic hydroxyl groups excluding tert-OH is 2. The van der Waals surface area contributed by atoms with Gasteiger partial charge in [0.1, 0.15) is 5.69 Å². The number of rotatable bonds is 5. The molecule has 0 bridgehead atoms. The van der Waals surface area contributed by atoms with E-state index < -0.39 is 0 Å². The third-order valence-electron chi connectivity index (χ3n) is 1.81. The average molecular weight is 199 g/mol. The Kier molecular flexibility index (Phi) is 4.09. The fraction of sp³-hybridized carbons (Fsp3) is 0.500. The summed E-state index contributed by atoms with van der Waals surface area (Å²) < 4.78 is 0. The SMILES string of the molecule is O=C(NCC(CO)CO)c1cnc[nH]1. The Bertz CT molecular complexity index is 269. The van der Waals surface area contributed by atoms with E-state index in [9.17, 15) is 4.79 Å². The molecule has 1 heterocycles. The molecule has 0 unspecified atom stereocenters. The number of hydrogen-bond acceptors (Lipinski definition) is 4. The maximum Gasteiger partial charge on any atom is 0.269 e. The Balaban J connectivity index is 2.35. The van der Waals surface area contributed by atoms with Gasteiger partial charge in [-0.15, -0.1) is 0 Å². The van der Waals surface area contributed by atoms with E-state index in [0.29, 0.717) is 5.69 Å². The Morgan fingerprint density at radius 2 is 2.29 bits per heavy atom. The van der Waals surface area contributed by atoms with Crippen LogP contribution in [0, 0.1) is 5.92 Å². The smallest absolute Gasteiger partial charge is 0.269 e. The third kappa shape index (κ3) is 2.82. The van der Waals surface area contributed by atoms with Crippen LogP contribution in [0.3, 0.4) is 0 Å². The lowest BCUT2D eigenvalue weighted by Gasteiger charge is -2.10. The van der Waals surface area contributed by atoms with Gasteiger partial charge in [0.05, 0.1) is 12.5 Å². The van der Waals surface area contributed by atoms with E-state index in [1.807, 2.05) is 0 Å². The van der Waals surface area contributed by atoms with Gasteiger partial charge in [0.25, 0.3) is 5.91 Å². The first-order chi connectivity index (χ1) is 6.77. The summed E-state index contributed by atoms with van der Waals surface area (Å²) in [7, 11) is 0. The first-order valence-electron chi connectivity index (χ1n) is 4.26. The van der Waals surface area contributed by atoms with E-state index in [1.165, 1.54) is 12.5 Å². The molecule has 1 rings (SSSR count). The van der Waals surface area contributed by atoms with Gasteiger partial charge in [-0.3, -0.25) is 4.79 Å². The van der Waals surface area contributed by atoms with Crippen LogP contribution >= 0.6 is 0 Å². The van der Waals surface area contributed by atoms with Crippen molar-refractivity contribution in [1.82, 2.24) is 15.3 Å². The quantitative estimate of drug-likeness (QED) is 0.475. The average Bonchev–Trinajstić information content (AvgIpc) is 2.72. The molecule has 0 aromatic carbocycles. The van der Waals surface area contributed by atoms with Crippen molar-refractivity contribution in [3.63, 3.8) is 0 Å². The highest BCUT2D eigenvalue weighted by atomic mass is 16.3. The monoisotopic (exact) mass is 199 g/mol. The molecule has 0 fully saturated rings. The predicted molar refractivity (Wildman–Crippen MR) is 48.6 cm³/mol. The molecule has 0 aliphatic carbocycles. The number of aromatic amines is 1. The normalized spacial score (nSPS) is 10.5. The molecule has 6 nitrogen and oxygen atoms in total. The van der Waals surface area contributed by atoms with Crippen molar-refractivity contribution in [3.05, 3.63) is 18.2 Å². The minimum Gasteiger partial charge on any atom is -0.396 e. The summed E-state index contributed by atoms with van der Waals surface area (Å²) in [5, 5.41) is 20.0. The summed E-state index contributed by atoms with van der Waals surface area (Å²) in [6.07, 6.45) is 2.81. The molecule has 1 amide bonds. The third-order valence-corrected chi connectivity index (χ3v) is 1.81. The van der Waals surface area contributed by atoms with Crippen LogP contribution in [-0.2, 0) is 0 Å². The van der Waals surface area contributed by atoms with E-state index in [-0.39, 0.29) is 31.6 Å². The fourth-order valence-electron chi connectivity index (χ4n) is 0.899. The van der Waals surface area contributed by atoms with E-state index in [2.05, 4.69) is 15.3 Å². The standard InChI is InChI=1S/C8H13N3O3/c12-3-6(4-13)1-10-8(14)7-2-9-5-11-7/h2,5-6,12-13H,1,3-4H2,(H,9,11)(H,10,14). The molecule has 0 aliphatic rings. The molecule has 0 atom stereocenters. The lowest BCUT2D eigenvalue weighted by Crippen LogP contribution is -2.32. The Morgan fingerprint density at radius 3 is 2.79 bits per heavy atom. The molecule has 1 aromatic heterocycles. The van der Waals surface area contributed by atoms with Crippen LogP contribution in [0.1, 0.15) is 10.5 Å². The zero-order valence-corrected chi connectivity index (χ0v) is 7.60. The van der Waals surface area contributed by atoms with Crippen LogP contribution in [0.2, 0.25) is 0 Å². The lowest BCUT2D eigenvalue weighted by molar-refractivity contribution is 0.0917. The summed E-state index contributed by atoms with van der Waals surface area (Å²) in [6, 6.07) is 0. The molecule has 0 saturated carbocycles. The number of carbonyl (C=O) groups is 1. The van der Waals surface area contributed by atoms with Gasteiger partial charge in [-0.1, -0.05) is 0 Å². The molecule has 0 saturated heterocycles. The van der Waals surface area contributed by atoms with Crippen molar-refractivity contribution in [2.75, 3.05) is 19.8 Å². The first-order valence-corrected chi connectivity index (χ1v) is 4.26. The molecule has 14 heavy (non-hydrogen) atoms. The first kappa shape index (κ1) is 10.7. The minimum absolute atomic E-state index is 0.153. The Labute approximate surface area is 81.0 Å². The highest BCUT2D eigenvalue weighted by molar-refractivity contribution is 5.91. The van der Waals surface area contributed by atoms with Gasteiger partial charge in [-0.25, -0.2) is 4.98 Å². The number of H-pyrrole nitrogens is 1. The highest BCUT2D eigenvalue weighted by Crippen LogP contribution is 1.93. The van der Waals surface area contributed by atoms with E-state index in [0.717, 1.165) is 0 Å². The van der Waals surface area contributed by atoms with Gasteiger partial charge in [-0.2, -0.15) is 0 Å². The number of aromatic nitrogens is 2. The van der Waals surface area contributed by atoms with Gasteiger partial charge in [0, 0.05) is 25.7 Å². The van der Waals surface area contributed by atoms with E-state index in [4.69, 9.17) is 10.2 Å². The van der Waals surface area contributed by atoms with E-state index >= 15 is 0 Å². The van der Waals surface area contributed by atoms with Crippen molar-refractivity contribution in [2.24, 2.45) is 5.92 Å². The molecular formula is C8H13N3O3. The van der Waals surface area contributed by atoms with Crippen molar-refractivity contribution >= 4 is 5.91 Å². The fourth-order valence-corrected chi connectivity index (χ4v) is 0.899.